The van der Waals surface area contributed by atoms with Gasteiger partial charge >= 0.3 is 6.18 Å². The number of alkyl halides is 3. The number of amidine groups is 1. The molecule has 2 aliphatic rings. The van der Waals surface area contributed by atoms with Gasteiger partial charge in [0.05, 0.1) is 27.9 Å². The number of thiophene rings is 1. The fourth-order valence-electron chi connectivity index (χ4n) is 3.64. The van der Waals surface area contributed by atoms with Crippen molar-refractivity contribution < 1.29 is 27.2 Å². The van der Waals surface area contributed by atoms with Gasteiger partial charge in [0.2, 0.25) is 0 Å². The molecule has 1 amide bonds. The molecule has 172 valence electrons. The molecule has 2 aromatic rings. The minimum Gasteiger partial charge on any atom is -0.372 e. The second kappa shape index (κ2) is 8.39. The number of hydrogen-bond acceptors (Lipinski definition) is 5. The monoisotopic (exact) mass is 509 g/mol. The topological polar surface area (TPSA) is 53.9 Å². The number of oxime groups is 1. The number of amides is 1. The second-order valence-electron chi connectivity index (χ2n) is 7.53. The SMILES string of the molecule is CCCNC(=O)c1cc2c(s1)CN(C1=NOC(c3cc(Cl)c(F)c(Cl)c3)(C(F)(F)F)C1)C2. The van der Waals surface area contributed by atoms with Gasteiger partial charge < -0.3 is 15.1 Å². The molecule has 0 bridgehead atoms. The van der Waals surface area contributed by atoms with Crippen LogP contribution in [0.4, 0.5) is 17.6 Å². The molecule has 0 spiro atoms. The normalized spacial score (nSPS) is 20.2. The number of benzene rings is 1. The summed E-state index contributed by atoms with van der Waals surface area (Å²) in [6, 6.07) is 3.46. The van der Waals surface area contributed by atoms with Gasteiger partial charge in [-0.25, -0.2) is 4.39 Å². The largest absolute Gasteiger partial charge is 0.435 e. The van der Waals surface area contributed by atoms with E-state index in [0.29, 0.717) is 24.5 Å². The summed E-state index contributed by atoms with van der Waals surface area (Å²) in [7, 11) is 0. The van der Waals surface area contributed by atoms with Crippen molar-refractivity contribution in [3.05, 3.63) is 54.9 Å². The summed E-state index contributed by atoms with van der Waals surface area (Å²) >= 11 is 12.8. The highest BCUT2D eigenvalue weighted by atomic mass is 35.5. The van der Waals surface area contributed by atoms with E-state index in [9.17, 15) is 22.4 Å². The highest BCUT2D eigenvalue weighted by Crippen LogP contribution is 2.50. The maximum absolute atomic E-state index is 14.1. The lowest BCUT2D eigenvalue weighted by Crippen LogP contribution is -2.44. The average Bonchev–Trinajstić information content (AvgIpc) is 3.42. The van der Waals surface area contributed by atoms with E-state index in [1.165, 1.54) is 11.3 Å². The molecule has 0 radical (unpaired) electrons. The molecule has 1 unspecified atom stereocenters. The van der Waals surface area contributed by atoms with E-state index in [2.05, 4.69) is 10.5 Å². The zero-order valence-corrected chi connectivity index (χ0v) is 19.0. The van der Waals surface area contributed by atoms with Gasteiger partial charge in [-0.1, -0.05) is 35.3 Å². The van der Waals surface area contributed by atoms with Crippen LogP contribution < -0.4 is 5.32 Å². The number of hydrogen-bond donors (Lipinski definition) is 1. The molecule has 0 fully saturated rings. The molecule has 0 saturated carbocycles. The van der Waals surface area contributed by atoms with Crippen molar-refractivity contribution in [2.45, 2.75) is 44.6 Å². The molecule has 1 aromatic carbocycles. The van der Waals surface area contributed by atoms with Crippen molar-refractivity contribution >= 4 is 46.3 Å². The van der Waals surface area contributed by atoms with Crippen LogP contribution in [0, 0.1) is 5.82 Å². The molecule has 1 aromatic heterocycles. The summed E-state index contributed by atoms with van der Waals surface area (Å²) in [5.74, 6) is -1.07. The first-order chi connectivity index (χ1) is 15.1. The van der Waals surface area contributed by atoms with Crippen LogP contribution in [0.1, 0.15) is 45.4 Å². The predicted molar refractivity (Wildman–Crippen MR) is 113 cm³/mol. The summed E-state index contributed by atoms with van der Waals surface area (Å²) in [5.41, 5.74) is -2.40. The molecule has 3 heterocycles. The zero-order valence-electron chi connectivity index (χ0n) is 16.7. The van der Waals surface area contributed by atoms with Crippen LogP contribution in [0.2, 0.25) is 10.0 Å². The number of halogens is 6. The van der Waals surface area contributed by atoms with Gasteiger partial charge in [0.25, 0.3) is 11.5 Å². The van der Waals surface area contributed by atoms with Gasteiger partial charge in [-0.05, 0) is 30.2 Å². The van der Waals surface area contributed by atoms with Crippen molar-refractivity contribution in [1.82, 2.24) is 10.2 Å². The first kappa shape index (κ1) is 23.1. The summed E-state index contributed by atoms with van der Waals surface area (Å²) < 4.78 is 56.2. The lowest BCUT2D eigenvalue weighted by molar-refractivity contribution is -0.275. The smallest absolute Gasteiger partial charge is 0.372 e. The second-order valence-corrected chi connectivity index (χ2v) is 9.48. The zero-order chi connectivity index (χ0) is 23.3. The predicted octanol–water partition coefficient (Wildman–Crippen LogP) is 5.84. The third-order valence-corrected chi connectivity index (χ3v) is 7.05. The average molecular weight is 510 g/mol. The van der Waals surface area contributed by atoms with Crippen molar-refractivity contribution in [2.24, 2.45) is 5.16 Å². The van der Waals surface area contributed by atoms with Crippen molar-refractivity contribution in [3.8, 4) is 0 Å². The fraction of sp³-hybridized carbons (Fsp3) is 0.400. The van der Waals surface area contributed by atoms with Gasteiger partial charge in [-0.2, -0.15) is 13.2 Å². The Hall–Kier alpha value is -2.04. The third kappa shape index (κ3) is 3.92. The molecule has 1 atom stereocenters. The van der Waals surface area contributed by atoms with E-state index < -0.39 is 39.6 Å². The van der Waals surface area contributed by atoms with E-state index in [1.54, 1.807) is 11.0 Å². The number of carbonyl (C=O) groups excluding carboxylic acids is 1. The summed E-state index contributed by atoms with van der Waals surface area (Å²) in [6.07, 6.45) is -4.67. The van der Waals surface area contributed by atoms with Gasteiger partial charge in [0.1, 0.15) is 5.84 Å². The molecular formula is C20H17Cl2F4N3O2S. The van der Waals surface area contributed by atoms with Gasteiger partial charge in [0.15, 0.2) is 5.82 Å². The Morgan fingerprint density at radius 1 is 1.28 bits per heavy atom. The van der Waals surface area contributed by atoms with E-state index in [1.807, 2.05) is 6.92 Å². The molecule has 0 saturated heterocycles. The molecule has 2 aliphatic heterocycles. The standard InChI is InChI=1S/C20H17Cl2F4N3O2S/c1-2-3-27-18(30)14-4-10-8-29(9-15(10)32-14)16-7-19(31-28-16,20(24,25)26)11-5-12(21)17(23)13(22)6-11/h4-6H,2-3,7-9H2,1H3,(H,27,30). The number of fused-ring (bicyclic) bond motifs is 1. The molecule has 32 heavy (non-hydrogen) atoms. The van der Waals surface area contributed by atoms with Crippen LogP contribution >= 0.6 is 34.5 Å². The van der Waals surface area contributed by atoms with Gasteiger partial charge in [-0.15, -0.1) is 11.3 Å². The Morgan fingerprint density at radius 3 is 2.56 bits per heavy atom. The van der Waals surface area contributed by atoms with Crippen molar-refractivity contribution in [3.63, 3.8) is 0 Å². The van der Waals surface area contributed by atoms with E-state index in [0.717, 1.165) is 29.0 Å². The van der Waals surface area contributed by atoms with Crippen LogP contribution in [0.3, 0.4) is 0 Å². The maximum Gasteiger partial charge on any atom is 0.435 e. The Morgan fingerprint density at radius 2 is 1.97 bits per heavy atom. The highest BCUT2D eigenvalue weighted by Gasteiger charge is 2.63. The Bertz CT molecular complexity index is 1060. The number of carbonyl (C=O) groups is 1. The lowest BCUT2D eigenvalue weighted by Gasteiger charge is -2.30. The number of rotatable bonds is 4. The van der Waals surface area contributed by atoms with E-state index >= 15 is 0 Å². The lowest BCUT2D eigenvalue weighted by atomic mass is 9.89. The van der Waals surface area contributed by atoms with E-state index in [4.69, 9.17) is 28.0 Å². The summed E-state index contributed by atoms with van der Waals surface area (Å²) in [5, 5.41) is 5.45. The molecule has 0 aliphatic carbocycles. The highest BCUT2D eigenvalue weighted by molar-refractivity contribution is 7.14. The van der Waals surface area contributed by atoms with E-state index in [-0.39, 0.29) is 11.7 Å². The Balaban J connectivity index is 1.54. The first-order valence-corrected chi connectivity index (χ1v) is 11.2. The van der Waals surface area contributed by atoms with Crippen LogP contribution in [0.5, 0.6) is 0 Å². The van der Waals surface area contributed by atoms with Crippen LogP contribution in [0.25, 0.3) is 0 Å². The third-order valence-electron chi connectivity index (χ3n) is 5.34. The quantitative estimate of drug-likeness (QED) is 0.416. The Kier molecular flexibility index (Phi) is 6.06. The fourth-order valence-corrected chi connectivity index (χ4v) is 5.23. The van der Waals surface area contributed by atoms with Crippen LogP contribution in [0.15, 0.2) is 23.4 Å². The van der Waals surface area contributed by atoms with Crippen molar-refractivity contribution in [2.75, 3.05) is 6.54 Å². The molecule has 4 rings (SSSR count). The number of nitrogens with one attached hydrogen (secondary N) is 1. The number of nitrogens with zero attached hydrogens (tertiary/aromatic N) is 2. The first-order valence-electron chi connectivity index (χ1n) is 9.67. The molecular weight excluding hydrogens is 493 g/mol. The minimum absolute atomic E-state index is 0.0966. The summed E-state index contributed by atoms with van der Waals surface area (Å²) in [4.78, 5) is 20.2. The Labute approximate surface area is 194 Å². The molecule has 1 N–H and O–H groups in total. The van der Waals surface area contributed by atoms with Gasteiger partial charge in [-0.3, -0.25) is 4.79 Å². The molecule has 5 nitrogen and oxygen atoms in total. The maximum atomic E-state index is 14.1. The van der Waals surface area contributed by atoms with Gasteiger partial charge in [0, 0.05) is 23.5 Å². The minimum atomic E-state index is -4.86. The van der Waals surface area contributed by atoms with Crippen LogP contribution in [-0.4, -0.2) is 29.4 Å². The van der Waals surface area contributed by atoms with Crippen molar-refractivity contribution in [1.29, 1.82) is 0 Å². The molecule has 12 heteroatoms. The summed E-state index contributed by atoms with van der Waals surface area (Å²) in [6.45, 7) is 3.13. The van der Waals surface area contributed by atoms with Crippen LogP contribution in [-0.2, 0) is 23.5 Å².